The zero-order chi connectivity index (χ0) is 35.1. The van der Waals surface area contributed by atoms with Gasteiger partial charge in [-0.1, -0.05) is 118 Å². The average molecular weight is 667 g/mol. The van der Waals surface area contributed by atoms with Crippen LogP contribution in [0.4, 0.5) is 10.1 Å². The Kier molecular flexibility index (Phi) is 8.04. The smallest absolute Gasteiger partial charge is 0.229 e. The SMILES string of the molecule is CC(C)(C)c1ccc(O)c(C=Nc2ccccc2-c2nc3c(-c4cccc5ccccc45)cc(-c4ccc(-c5ccc(F)cc5)cc4)cc3o2)c1. The maximum Gasteiger partial charge on any atom is 0.229 e. The molecule has 0 amide bonds. The first-order valence-corrected chi connectivity index (χ1v) is 17.0. The van der Waals surface area contributed by atoms with Crippen molar-refractivity contribution in [3.8, 4) is 50.6 Å². The van der Waals surface area contributed by atoms with Crippen molar-refractivity contribution < 1.29 is 13.9 Å². The molecule has 0 atom stereocenters. The van der Waals surface area contributed by atoms with Crippen molar-refractivity contribution in [2.24, 2.45) is 4.99 Å². The Bertz CT molecular complexity index is 2570. The van der Waals surface area contributed by atoms with Gasteiger partial charge < -0.3 is 9.52 Å². The fourth-order valence-corrected chi connectivity index (χ4v) is 6.50. The van der Waals surface area contributed by atoms with Gasteiger partial charge in [0.25, 0.3) is 0 Å². The highest BCUT2D eigenvalue weighted by Crippen LogP contribution is 2.41. The molecule has 7 aromatic carbocycles. The molecule has 51 heavy (non-hydrogen) atoms. The van der Waals surface area contributed by atoms with Crippen molar-refractivity contribution in [1.29, 1.82) is 0 Å². The highest BCUT2D eigenvalue weighted by Gasteiger charge is 2.19. The van der Waals surface area contributed by atoms with Gasteiger partial charge in [0.05, 0.1) is 11.3 Å². The third kappa shape index (κ3) is 6.30. The third-order valence-corrected chi connectivity index (χ3v) is 9.34. The fraction of sp³-hybridized carbons (Fsp3) is 0.0870. The number of aromatic hydroxyl groups is 1. The summed E-state index contributed by atoms with van der Waals surface area (Å²) in [5.74, 6) is 0.371. The first-order valence-electron chi connectivity index (χ1n) is 17.0. The third-order valence-electron chi connectivity index (χ3n) is 9.34. The molecule has 0 radical (unpaired) electrons. The maximum absolute atomic E-state index is 13.6. The minimum absolute atomic E-state index is 0.0718. The number of oxazole rings is 1. The standard InChI is InChI=1S/C46H35FN2O2/c1-46(2,3)35-21-24-42(50)34(25-35)28-48-41-14-7-6-12-39(41)45-49-44-40(38-13-8-10-32-9-4-5-11-37(32)38)26-33(27-43(44)51-45)31-17-15-29(16-18-31)30-19-22-36(47)23-20-30/h4-28,50H,1-3H3. The lowest BCUT2D eigenvalue weighted by molar-refractivity contribution is 0.473. The van der Waals surface area contributed by atoms with E-state index in [0.29, 0.717) is 22.7 Å². The number of hydrogen-bond acceptors (Lipinski definition) is 4. The lowest BCUT2D eigenvalue weighted by Gasteiger charge is -2.19. The van der Waals surface area contributed by atoms with E-state index in [4.69, 9.17) is 14.4 Å². The monoisotopic (exact) mass is 666 g/mol. The zero-order valence-electron chi connectivity index (χ0n) is 28.6. The van der Waals surface area contributed by atoms with Crippen LogP contribution in [0, 0.1) is 5.82 Å². The van der Waals surface area contributed by atoms with Crippen LogP contribution in [-0.2, 0) is 5.41 Å². The number of para-hydroxylation sites is 1. The summed E-state index contributed by atoms with van der Waals surface area (Å²) < 4.78 is 20.2. The molecule has 8 aromatic rings. The normalized spacial score (nSPS) is 11.9. The molecule has 0 aliphatic carbocycles. The van der Waals surface area contributed by atoms with E-state index in [1.165, 1.54) is 12.1 Å². The molecule has 0 saturated carbocycles. The van der Waals surface area contributed by atoms with Crippen molar-refractivity contribution in [2.45, 2.75) is 26.2 Å². The molecule has 0 unspecified atom stereocenters. The van der Waals surface area contributed by atoms with Crippen LogP contribution in [0.1, 0.15) is 31.9 Å². The first kappa shape index (κ1) is 31.9. The highest BCUT2D eigenvalue weighted by atomic mass is 19.1. The molecule has 4 nitrogen and oxygen atoms in total. The van der Waals surface area contributed by atoms with Gasteiger partial charge in [-0.3, -0.25) is 4.99 Å². The molecule has 1 aromatic heterocycles. The van der Waals surface area contributed by atoms with Gasteiger partial charge >= 0.3 is 0 Å². The van der Waals surface area contributed by atoms with Crippen LogP contribution in [0.3, 0.4) is 0 Å². The van der Waals surface area contributed by atoms with Crippen molar-refractivity contribution in [3.63, 3.8) is 0 Å². The Hall–Kier alpha value is -6.33. The van der Waals surface area contributed by atoms with Crippen molar-refractivity contribution in [1.82, 2.24) is 4.98 Å². The summed E-state index contributed by atoms with van der Waals surface area (Å²) in [6, 6.07) is 47.1. The first-order chi connectivity index (χ1) is 24.7. The Labute approximate surface area is 296 Å². The summed E-state index contributed by atoms with van der Waals surface area (Å²) in [5.41, 5.74) is 10.5. The summed E-state index contributed by atoms with van der Waals surface area (Å²) >= 11 is 0. The highest BCUT2D eigenvalue weighted by molar-refractivity contribution is 6.05. The molecule has 1 heterocycles. The lowest BCUT2D eigenvalue weighted by atomic mass is 9.86. The minimum atomic E-state index is -0.254. The predicted molar refractivity (Wildman–Crippen MR) is 207 cm³/mol. The quantitative estimate of drug-likeness (QED) is 0.180. The van der Waals surface area contributed by atoms with Crippen molar-refractivity contribution in [2.75, 3.05) is 0 Å². The van der Waals surface area contributed by atoms with Gasteiger partial charge in [0.15, 0.2) is 5.58 Å². The van der Waals surface area contributed by atoms with Crippen LogP contribution >= 0.6 is 0 Å². The van der Waals surface area contributed by atoms with Crippen LogP contribution in [0.15, 0.2) is 155 Å². The van der Waals surface area contributed by atoms with Gasteiger partial charge in [-0.2, -0.15) is 0 Å². The molecule has 248 valence electrons. The van der Waals surface area contributed by atoms with Crippen molar-refractivity contribution in [3.05, 3.63) is 163 Å². The van der Waals surface area contributed by atoms with Crippen molar-refractivity contribution >= 4 is 33.8 Å². The van der Waals surface area contributed by atoms with E-state index in [1.54, 1.807) is 24.4 Å². The second-order valence-electron chi connectivity index (χ2n) is 13.8. The molecule has 0 spiro atoms. The van der Waals surface area contributed by atoms with Crippen LogP contribution in [0.2, 0.25) is 0 Å². The fourth-order valence-electron chi connectivity index (χ4n) is 6.50. The molecular weight excluding hydrogens is 632 g/mol. The Balaban J connectivity index is 1.26. The number of nitrogens with zero attached hydrogens (tertiary/aromatic N) is 2. The lowest BCUT2D eigenvalue weighted by Crippen LogP contribution is -2.11. The van der Waals surface area contributed by atoms with Gasteiger partial charge in [-0.25, -0.2) is 9.37 Å². The number of halogens is 1. The number of fused-ring (bicyclic) bond motifs is 2. The summed E-state index contributed by atoms with van der Waals surface area (Å²) in [4.78, 5) is 9.95. The Morgan fingerprint density at radius 3 is 2.06 bits per heavy atom. The number of phenolic OH excluding ortho intramolecular Hbond substituents is 1. The van der Waals surface area contributed by atoms with Gasteiger partial charge in [-0.05, 0) is 98.1 Å². The van der Waals surface area contributed by atoms with E-state index in [-0.39, 0.29) is 17.0 Å². The van der Waals surface area contributed by atoms with Crippen LogP contribution in [0.25, 0.3) is 66.7 Å². The van der Waals surface area contributed by atoms with Crippen LogP contribution in [-0.4, -0.2) is 16.3 Å². The Morgan fingerprint density at radius 2 is 1.29 bits per heavy atom. The molecule has 0 bridgehead atoms. The number of hydrogen-bond donors (Lipinski definition) is 1. The summed E-state index contributed by atoms with van der Waals surface area (Å²) in [7, 11) is 0. The second-order valence-corrected chi connectivity index (χ2v) is 13.8. The molecule has 0 saturated heterocycles. The maximum atomic E-state index is 13.6. The van der Waals surface area contributed by atoms with Gasteiger partial charge in [0, 0.05) is 17.3 Å². The number of phenols is 1. The summed E-state index contributed by atoms with van der Waals surface area (Å²) in [6.45, 7) is 6.43. The largest absolute Gasteiger partial charge is 0.507 e. The summed E-state index contributed by atoms with van der Waals surface area (Å²) in [6.07, 6.45) is 1.70. The minimum Gasteiger partial charge on any atom is -0.507 e. The van der Waals surface area contributed by atoms with E-state index in [9.17, 15) is 9.50 Å². The van der Waals surface area contributed by atoms with Crippen LogP contribution in [0.5, 0.6) is 5.75 Å². The van der Waals surface area contributed by atoms with E-state index in [0.717, 1.165) is 60.8 Å². The van der Waals surface area contributed by atoms with E-state index >= 15 is 0 Å². The molecular formula is C46H35FN2O2. The molecule has 0 fully saturated rings. The molecule has 1 N–H and O–H groups in total. The molecule has 0 aliphatic rings. The zero-order valence-corrected chi connectivity index (χ0v) is 28.6. The van der Waals surface area contributed by atoms with E-state index in [2.05, 4.69) is 87.5 Å². The van der Waals surface area contributed by atoms with Gasteiger partial charge in [-0.15, -0.1) is 0 Å². The number of benzene rings is 7. The molecule has 8 rings (SSSR count). The molecule has 0 aliphatic heterocycles. The van der Waals surface area contributed by atoms with Gasteiger partial charge in [0.1, 0.15) is 17.1 Å². The number of rotatable bonds is 6. The van der Waals surface area contributed by atoms with Gasteiger partial charge in [0.2, 0.25) is 5.89 Å². The van der Waals surface area contributed by atoms with E-state index < -0.39 is 0 Å². The predicted octanol–water partition coefficient (Wildman–Crippen LogP) is 12.5. The Morgan fingerprint density at radius 1 is 0.647 bits per heavy atom. The van der Waals surface area contributed by atoms with E-state index in [1.807, 2.05) is 48.5 Å². The van der Waals surface area contributed by atoms with Crippen LogP contribution < -0.4 is 0 Å². The summed E-state index contributed by atoms with van der Waals surface area (Å²) in [5, 5.41) is 12.9. The number of aliphatic imine (C=N–C) groups is 1. The topological polar surface area (TPSA) is 58.6 Å². The second kappa shape index (κ2) is 12.8. The average Bonchev–Trinajstić information content (AvgIpc) is 3.58. The molecule has 5 heteroatoms. The number of aromatic nitrogens is 1.